The van der Waals surface area contributed by atoms with Crippen LogP contribution < -0.4 is 0 Å². The summed E-state index contributed by atoms with van der Waals surface area (Å²) >= 11 is 9.17. The van der Waals surface area contributed by atoms with Crippen LogP contribution in [0.15, 0.2) is 53.8 Å². The minimum Gasteiger partial charge on any atom is -0.293 e. The molecule has 0 aliphatic heterocycles. The minimum atomic E-state index is 0.102. The summed E-state index contributed by atoms with van der Waals surface area (Å²) in [6.07, 6.45) is 1.58. The molecule has 0 bridgehead atoms. The number of fused-ring (bicyclic) bond motifs is 1. The number of hydrogen-bond acceptors (Lipinski definition) is 5. The molecule has 0 unspecified atom stereocenters. The van der Waals surface area contributed by atoms with E-state index in [-0.39, 0.29) is 5.78 Å². The molecular weight excluding hydrogens is 420 g/mol. The van der Waals surface area contributed by atoms with E-state index in [2.05, 4.69) is 16.9 Å². The predicted octanol–water partition coefficient (Wildman–Crippen LogP) is 6.91. The molecule has 0 saturated carbocycles. The maximum atomic E-state index is 12.7. The van der Waals surface area contributed by atoms with E-state index >= 15 is 0 Å². The number of nitrogens with zero attached hydrogens (tertiary/aromatic N) is 2. The Balaban J connectivity index is 1.68. The van der Waals surface area contributed by atoms with Gasteiger partial charge < -0.3 is 0 Å². The summed E-state index contributed by atoms with van der Waals surface area (Å²) in [5.74, 6) is 0.439. The average molecular weight is 439 g/mol. The van der Waals surface area contributed by atoms with Crippen molar-refractivity contribution in [1.82, 2.24) is 9.97 Å². The van der Waals surface area contributed by atoms with Crippen LogP contribution in [0.3, 0.4) is 0 Å². The van der Waals surface area contributed by atoms with Crippen LogP contribution in [0.5, 0.6) is 0 Å². The van der Waals surface area contributed by atoms with Crippen molar-refractivity contribution in [1.29, 1.82) is 0 Å². The Morgan fingerprint density at radius 1 is 1.03 bits per heavy atom. The van der Waals surface area contributed by atoms with E-state index < -0.39 is 0 Å². The third-order valence-corrected chi connectivity index (χ3v) is 7.19. The fourth-order valence-corrected chi connectivity index (χ4v) is 5.33. The summed E-state index contributed by atoms with van der Waals surface area (Å²) < 4.78 is 0. The highest BCUT2D eigenvalue weighted by molar-refractivity contribution is 8.00. The zero-order valence-electron chi connectivity index (χ0n) is 16.3. The van der Waals surface area contributed by atoms with E-state index in [1.165, 1.54) is 22.2 Å². The van der Waals surface area contributed by atoms with Crippen molar-refractivity contribution >= 4 is 50.7 Å². The van der Waals surface area contributed by atoms with Gasteiger partial charge in [0, 0.05) is 21.0 Å². The Morgan fingerprint density at radius 3 is 2.52 bits per heavy atom. The second-order valence-electron chi connectivity index (χ2n) is 6.91. The Labute approximate surface area is 183 Å². The number of ketones is 1. The van der Waals surface area contributed by atoms with Gasteiger partial charge >= 0.3 is 0 Å². The van der Waals surface area contributed by atoms with Crippen molar-refractivity contribution in [2.75, 3.05) is 5.75 Å². The molecule has 0 fully saturated rings. The smallest absolute Gasteiger partial charge is 0.173 e. The summed E-state index contributed by atoms with van der Waals surface area (Å²) in [7, 11) is 0. The van der Waals surface area contributed by atoms with E-state index in [4.69, 9.17) is 11.6 Å². The molecule has 146 valence electrons. The lowest BCUT2D eigenvalue weighted by molar-refractivity contribution is 0.102. The third kappa shape index (κ3) is 4.08. The zero-order valence-corrected chi connectivity index (χ0v) is 18.7. The van der Waals surface area contributed by atoms with Crippen molar-refractivity contribution in [3.8, 4) is 11.1 Å². The molecule has 3 nitrogen and oxygen atoms in total. The maximum Gasteiger partial charge on any atom is 0.173 e. The molecule has 0 aliphatic rings. The maximum absolute atomic E-state index is 12.7. The quantitative estimate of drug-likeness (QED) is 0.193. The van der Waals surface area contributed by atoms with Gasteiger partial charge in [0.15, 0.2) is 5.78 Å². The van der Waals surface area contributed by atoms with Crippen molar-refractivity contribution in [3.63, 3.8) is 0 Å². The van der Waals surface area contributed by atoms with Crippen molar-refractivity contribution in [2.45, 2.75) is 25.8 Å². The average Bonchev–Trinajstić information content (AvgIpc) is 3.05. The Kier molecular flexibility index (Phi) is 5.72. The number of hydrogen-bond donors (Lipinski definition) is 0. The Hall–Kier alpha value is -2.21. The molecule has 0 spiro atoms. The lowest BCUT2D eigenvalue weighted by Gasteiger charge is -2.07. The standard InChI is InChI=1S/C23H19ClN2OS2/c1-13-4-5-17(10-14(13)2)19(27)11-28-22-21-20(16-6-8-18(24)9-7-16)15(3)29-23(21)26-12-25-22/h4-10,12H,11H2,1-3H3. The summed E-state index contributed by atoms with van der Waals surface area (Å²) in [5.41, 5.74) is 5.25. The van der Waals surface area contributed by atoms with Gasteiger partial charge in [0.05, 0.1) is 11.1 Å². The molecule has 0 N–H and O–H groups in total. The number of thiophene rings is 1. The van der Waals surface area contributed by atoms with Crippen LogP contribution in [-0.4, -0.2) is 21.5 Å². The number of carbonyl (C=O) groups is 1. The first-order valence-electron chi connectivity index (χ1n) is 9.17. The number of carbonyl (C=O) groups excluding carboxylic acids is 1. The Bertz CT molecular complexity index is 1220. The topological polar surface area (TPSA) is 42.9 Å². The number of Topliss-reactive ketones (excluding diaryl/α,β-unsaturated/α-hetero) is 1. The molecule has 0 radical (unpaired) electrons. The van der Waals surface area contributed by atoms with Crippen LogP contribution in [0.4, 0.5) is 0 Å². The number of thioether (sulfide) groups is 1. The highest BCUT2D eigenvalue weighted by Crippen LogP contribution is 2.41. The van der Waals surface area contributed by atoms with Crippen molar-refractivity contribution in [2.24, 2.45) is 0 Å². The van der Waals surface area contributed by atoms with Gasteiger partial charge in [-0.15, -0.1) is 11.3 Å². The largest absolute Gasteiger partial charge is 0.293 e. The van der Waals surface area contributed by atoms with Crippen LogP contribution in [0, 0.1) is 20.8 Å². The van der Waals surface area contributed by atoms with Crippen LogP contribution in [-0.2, 0) is 0 Å². The highest BCUT2D eigenvalue weighted by atomic mass is 35.5. The molecule has 0 atom stereocenters. The number of rotatable bonds is 5. The first-order chi connectivity index (χ1) is 13.9. The molecule has 2 aromatic heterocycles. The lowest BCUT2D eigenvalue weighted by atomic mass is 10.0. The van der Waals surface area contributed by atoms with E-state index in [1.54, 1.807) is 17.7 Å². The molecule has 2 aromatic carbocycles. The summed E-state index contributed by atoms with van der Waals surface area (Å²) in [6, 6.07) is 13.7. The normalized spacial score (nSPS) is 11.2. The molecular formula is C23H19ClN2OS2. The van der Waals surface area contributed by atoms with Gasteiger partial charge in [0.25, 0.3) is 0 Å². The lowest BCUT2D eigenvalue weighted by Crippen LogP contribution is -2.03. The fourth-order valence-electron chi connectivity index (χ4n) is 3.22. The van der Waals surface area contributed by atoms with E-state index in [9.17, 15) is 4.79 Å². The van der Waals surface area contributed by atoms with Gasteiger partial charge in [-0.3, -0.25) is 4.79 Å². The number of halogens is 1. The van der Waals surface area contributed by atoms with Crippen molar-refractivity contribution in [3.05, 3.63) is 75.4 Å². The van der Waals surface area contributed by atoms with E-state index in [0.717, 1.165) is 37.5 Å². The summed E-state index contributed by atoms with van der Waals surface area (Å²) in [5, 5.41) is 2.55. The van der Waals surface area contributed by atoms with Gasteiger partial charge in [-0.05, 0) is 55.7 Å². The summed E-state index contributed by atoms with van der Waals surface area (Å²) in [6.45, 7) is 6.16. The molecule has 4 aromatic rings. The monoisotopic (exact) mass is 438 g/mol. The first kappa shape index (κ1) is 20.1. The van der Waals surface area contributed by atoms with Gasteiger partial charge in [-0.25, -0.2) is 9.97 Å². The fraction of sp³-hybridized carbons (Fsp3) is 0.174. The minimum absolute atomic E-state index is 0.102. The zero-order chi connectivity index (χ0) is 20.5. The second kappa shape index (κ2) is 8.27. The molecule has 0 saturated heterocycles. The van der Waals surface area contributed by atoms with Gasteiger partial charge in [-0.1, -0.05) is 47.6 Å². The molecule has 2 heterocycles. The predicted molar refractivity (Wildman–Crippen MR) is 124 cm³/mol. The van der Waals surface area contributed by atoms with Crippen LogP contribution in [0.1, 0.15) is 26.4 Å². The third-order valence-electron chi connectivity index (χ3n) is 4.93. The highest BCUT2D eigenvalue weighted by Gasteiger charge is 2.18. The van der Waals surface area contributed by atoms with E-state index in [0.29, 0.717) is 10.8 Å². The van der Waals surface area contributed by atoms with E-state index in [1.807, 2.05) is 56.3 Å². The number of aryl methyl sites for hydroxylation is 3. The number of benzene rings is 2. The molecule has 0 amide bonds. The van der Waals surface area contributed by atoms with Gasteiger partial charge in [0.2, 0.25) is 0 Å². The molecule has 29 heavy (non-hydrogen) atoms. The van der Waals surface area contributed by atoms with Crippen molar-refractivity contribution < 1.29 is 4.79 Å². The van der Waals surface area contributed by atoms with Gasteiger partial charge in [-0.2, -0.15) is 0 Å². The number of aromatic nitrogens is 2. The summed E-state index contributed by atoms with van der Waals surface area (Å²) in [4.78, 5) is 23.8. The molecule has 0 aliphatic carbocycles. The van der Waals surface area contributed by atoms with Crippen LogP contribution >= 0.6 is 34.7 Å². The molecule has 6 heteroatoms. The second-order valence-corrected chi connectivity index (χ2v) is 9.51. The van der Waals surface area contributed by atoms with Crippen LogP contribution in [0.25, 0.3) is 21.3 Å². The first-order valence-corrected chi connectivity index (χ1v) is 11.4. The SMILES string of the molecule is Cc1ccc(C(=O)CSc2ncnc3sc(C)c(-c4ccc(Cl)cc4)c23)cc1C. The van der Waals surface area contributed by atoms with Crippen LogP contribution in [0.2, 0.25) is 5.02 Å². The molecule has 4 rings (SSSR count). The van der Waals surface area contributed by atoms with Gasteiger partial charge in [0.1, 0.15) is 16.2 Å². The Morgan fingerprint density at radius 2 is 1.79 bits per heavy atom.